The van der Waals surface area contributed by atoms with Crippen LogP contribution in [0.1, 0.15) is 6.92 Å². The number of nitrogens with zero attached hydrogens (tertiary/aromatic N) is 2. The van der Waals surface area contributed by atoms with Gasteiger partial charge in [0.15, 0.2) is 0 Å². The van der Waals surface area contributed by atoms with Gasteiger partial charge >= 0.3 is 0 Å². The van der Waals surface area contributed by atoms with Crippen molar-refractivity contribution in [3.8, 4) is 0 Å². The van der Waals surface area contributed by atoms with Crippen molar-refractivity contribution < 1.29 is 8.42 Å². The zero-order valence-corrected chi connectivity index (χ0v) is 15.8. The molecule has 2 aromatic rings. The molecular weight excluding hydrogens is 344 g/mol. The average molecular weight is 367 g/mol. The van der Waals surface area contributed by atoms with Crippen molar-refractivity contribution in [3.05, 3.63) is 48.5 Å². The van der Waals surface area contributed by atoms with Gasteiger partial charge in [0.25, 0.3) is 0 Å². The molecule has 1 heterocycles. The fourth-order valence-corrected chi connectivity index (χ4v) is 4.91. The summed E-state index contributed by atoms with van der Waals surface area (Å²) in [5, 5.41) is 0. The Labute approximate surface area is 150 Å². The first-order valence-electron chi connectivity index (χ1n) is 7.76. The van der Waals surface area contributed by atoms with E-state index in [1.807, 2.05) is 24.3 Å². The van der Waals surface area contributed by atoms with Crippen LogP contribution in [-0.4, -0.2) is 40.5 Å². The molecule has 130 valence electrons. The highest BCUT2D eigenvalue weighted by Gasteiger charge is 2.33. The Morgan fingerprint density at radius 3 is 1.88 bits per heavy atom. The van der Waals surface area contributed by atoms with Gasteiger partial charge in [-0.15, -0.1) is 12.4 Å². The summed E-state index contributed by atoms with van der Waals surface area (Å²) in [4.78, 5) is 5.09. The fraction of sp³-hybridized carbons (Fsp3) is 0.333. The highest BCUT2D eigenvalue weighted by Crippen LogP contribution is 2.43. The molecule has 0 bridgehead atoms. The maximum Gasteiger partial charge on any atom is 0.210 e. The van der Waals surface area contributed by atoms with Gasteiger partial charge in [0, 0.05) is 13.1 Å². The molecule has 0 unspecified atom stereocenters. The summed E-state index contributed by atoms with van der Waals surface area (Å²) in [6.07, 6.45) is 0. The largest absolute Gasteiger partial charge is 0.339 e. The topological polar surface area (TPSA) is 40.6 Å². The van der Waals surface area contributed by atoms with Gasteiger partial charge in [-0.25, -0.2) is 8.42 Å². The Hall–Kier alpha value is -1.56. The lowest BCUT2D eigenvalue weighted by atomic mass is 10.1. The maximum absolute atomic E-state index is 12.9. The van der Waals surface area contributed by atoms with E-state index in [-0.39, 0.29) is 12.4 Å². The third-order valence-electron chi connectivity index (χ3n) is 4.06. The molecule has 0 saturated heterocycles. The number of fused-ring (bicyclic) bond motifs is 2. The summed E-state index contributed by atoms with van der Waals surface area (Å²) >= 11 is 0. The molecule has 0 aliphatic carbocycles. The van der Waals surface area contributed by atoms with Crippen molar-refractivity contribution in [1.82, 2.24) is 4.90 Å². The van der Waals surface area contributed by atoms with E-state index in [0.717, 1.165) is 24.5 Å². The summed E-state index contributed by atoms with van der Waals surface area (Å²) < 4.78 is 25.7. The van der Waals surface area contributed by atoms with Crippen molar-refractivity contribution in [2.75, 3.05) is 32.1 Å². The number of para-hydroxylation sites is 2. The normalized spacial score (nSPS) is 16.1. The van der Waals surface area contributed by atoms with Crippen molar-refractivity contribution in [2.24, 2.45) is 5.92 Å². The first kappa shape index (κ1) is 18.8. The van der Waals surface area contributed by atoms with E-state index in [4.69, 9.17) is 0 Å². The molecule has 3 rings (SSSR count). The van der Waals surface area contributed by atoms with Crippen LogP contribution >= 0.6 is 12.4 Å². The fourth-order valence-electron chi connectivity index (χ4n) is 3.25. The summed E-state index contributed by atoms with van der Waals surface area (Å²) in [5.41, 5.74) is 1.55. The molecule has 1 aliphatic rings. The first-order valence-corrected chi connectivity index (χ1v) is 9.25. The van der Waals surface area contributed by atoms with Crippen molar-refractivity contribution in [2.45, 2.75) is 16.7 Å². The molecule has 4 nitrogen and oxygen atoms in total. The molecule has 0 aromatic heterocycles. The molecule has 2 aromatic carbocycles. The number of hydrogen-bond donors (Lipinski definition) is 0. The van der Waals surface area contributed by atoms with Crippen LogP contribution in [0, 0.1) is 5.92 Å². The van der Waals surface area contributed by atoms with Gasteiger partial charge in [-0.3, -0.25) is 0 Å². The van der Waals surface area contributed by atoms with E-state index in [0.29, 0.717) is 15.7 Å². The van der Waals surface area contributed by atoms with E-state index in [1.54, 1.807) is 24.3 Å². The van der Waals surface area contributed by atoms with Crippen LogP contribution in [0.4, 0.5) is 11.4 Å². The lowest BCUT2D eigenvalue weighted by Gasteiger charge is -2.35. The summed E-state index contributed by atoms with van der Waals surface area (Å²) in [6.45, 7) is 3.92. The van der Waals surface area contributed by atoms with Gasteiger partial charge in [-0.05, 0) is 44.3 Å². The molecule has 0 spiro atoms. The summed E-state index contributed by atoms with van der Waals surface area (Å²) in [6, 6.07) is 14.5. The van der Waals surface area contributed by atoms with E-state index < -0.39 is 9.84 Å². The molecule has 0 radical (unpaired) electrons. The quantitative estimate of drug-likeness (QED) is 0.829. The van der Waals surface area contributed by atoms with Crippen LogP contribution in [0.3, 0.4) is 0 Å². The lowest BCUT2D eigenvalue weighted by molar-refractivity contribution is 0.342. The highest BCUT2D eigenvalue weighted by atomic mass is 35.5. The molecule has 0 amide bonds. The summed E-state index contributed by atoms with van der Waals surface area (Å²) in [7, 11) is 0.664. The molecule has 0 N–H and O–H groups in total. The lowest BCUT2D eigenvalue weighted by Crippen LogP contribution is -2.33. The van der Waals surface area contributed by atoms with Crippen LogP contribution in [0.2, 0.25) is 0 Å². The van der Waals surface area contributed by atoms with Crippen molar-refractivity contribution in [1.29, 1.82) is 0 Å². The monoisotopic (exact) mass is 366 g/mol. The molecular formula is C18H23ClN2O2S. The van der Waals surface area contributed by atoms with E-state index in [1.165, 1.54) is 0 Å². The molecule has 0 fully saturated rings. The number of benzene rings is 2. The molecule has 6 heteroatoms. The van der Waals surface area contributed by atoms with Gasteiger partial charge in [-0.1, -0.05) is 31.2 Å². The Morgan fingerprint density at radius 1 is 0.958 bits per heavy atom. The molecule has 1 aliphatic heterocycles. The Morgan fingerprint density at radius 2 is 1.42 bits per heavy atom. The second-order valence-corrected chi connectivity index (χ2v) is 8.30. The first-order chi connectivity index (χ1) is 10.9. The smallest absolute Gasteiger partial charge is 0.210 e. The van der Waals surface area contributed by atoms with Gasteiger partial charge < -0.3 is 9.80 Å². The minimum absolute atomic E-state index is 0. The zero-order valence-electron chi connectivity index (χ0n) is 14.1. The van der Waals surface area contributed by atoms with E-state index in [9.17, 15) is 8.42 Å². The van der Waals surface area contributed by atoms with Crippen LogP contribution in [0.5, 0.6) is 0 Å². The number of hydrogen-bond acceptors (Lipinski definition) is 4. The highest BCUT2D eigenvalue weighted by molar-refractivity contribution is 7.92. The number of anilines is 2. The van der Waals surface area contributed by atoms with Crippen molar-refractivity contribution in [3.63, 3.8) is 0 Å². The number of rotatable bonds is 4. The summed E-state index contributed by atoms with van der Waals surface area (Å²) in [5.74, 6) is 0.409. The van der Waals surface area contributed by atoms with Crippen LogP contribution in [-0.2, 0) is 9.84 Å². The standard InChI is InChI=1S/C18H22N2O2S.ClH/c1-14(12-19(2)3)13-20-15-8-4-6-10-17(15)23(21,22)18-11-7-5-9-16(18)20;/h4-11,14H,12-13H2,1-3H3;1H/t14-;/m1./s1. The van der Waals surface area contributed by atoms with Gasteiger partial charge in [0.05, 0.1) is 21.2 Å². The molecule has 1 atom stereocenters. The number of sulfone groups is 1. The van der Waals surface area contributed by atoms with Gasteiger partial charge in [-0.2, -0.15) is 0 Å². The molecule has 24 heavy (non-hydrogen) atoms. The van der Waals surface area contributed by atoms with Crippen molar-refractivity contribution >= 4 is 33.6 Å². The second-order valence-electron chi connectivity index (χ2n) is 6.42. The molecule has 0 saturated carbocycles. The predicted molar refractivity (Wildman–Crippen MR) is 100 cm³/mol. The van der Waals surface area contributed by atoms with Gasteiger partial charge in [0.1, 0.15) is 0 Å². The SMILES string of the molecule is C[C@H](CN(C)C)CN1c2ccccc2S(=O)(=O)c2ccccc21.Cl. The predicted octanol–water partition coefficient (Wildman–Crippen LogP) is 3.59. The Bertz CT molecular complexity index is 768. The Balaban J connectivity index is 0.00000208. The minimum atomic E-state index is -3.45. The number of halogens is 1. The third-order valence-corrected chi connectivity index (χ3v) is 5.91. The zero-order chi connectivity index (χ0) is 16.6. The maximum atomic E-state index is 12.9. The van der Waals surface area contributed by atoms with Gasteiger partial charge in [0.2, 0.25) is 9.84 Å². The second kappa shape index (κ2) is 7.13. The van der Waals surface area contributed by atoms with E-state index >= 15 is 0 Å². The minimum Gasteiger partial charge on any atom is -0.339 e. The average Bonchev–Trinajstić information content (AvgIpc) is 2.51. The Kier molecular flexibility index (Phi) is 5.58. The van der Waals surface area contributed by atoms with Crippen LogP contribution < -0.4 is 4.90 Å². The van der Waals surface area contributed by atoms with Crippen LogP contribution in [0.15, 0.2) is 58.3 Å². The third kappa shape index (κ3) is 3.29. The van der Waals surface area contributed by atoms with E-state index in [2.05, 4.69) is 30.8 Å². The van der Waals surface area contributed by atoms with Crippen LogP contribution in [0.25, 0.3) is 0 Å².